The van der Waals surface area contributed by atoms with Crippen LogP contribution >= 0.6 is 11.8 Å². The van der Waals surface area contributed by atoms with Gasteiger partial charge in [0.1, 0.15) is 0 Å². The second-order valence-corrected chi connectivity index (χ2v) is 5.14. The monoisotopic (exact) mass is 190 g/mol. The molecule has 0 bridgehead atoms. The van der Waals surface area contributed by atoms with Gasteiger partial charge in [-0.3, -0.25) is 4.79 Å². The summed E-state index contributed by atoms with van der Waals surface area (Å²) in [4.78, 5) is 10.8. The van der Waals surface area contributed by atoms with Crippen molar-refractivity contribution < 1.29 is 4.79 Å². The normalized spacial score (nSPS) is 16.1. The van der Waals surface area contributed by atoms with Crippen LogP contribution in [0.3, 0.4) is 0 Å². The first-order valence-corrected chi connectivity index (χ1v) is 5.11. The van der Waals surface area contributed by atoms with E-state index in [0.29, 0.717) is 11.7 Å². The fourth-order valence-corrected chi connectivity index (χ4v) is 1.64. The zero-order valence-electron chi connectivity index (χ0n) is 7.96. The van der Waals surface area contributed by atoms with Crippen LogP contribution in [0, 0.1) is 0 Å². The van der Waals surface area contributed by atoms with Gasteiger partial charge in [-0.05, 0) is 24.3 Å². The van der Waals surface area contributed by atoms with Crippen molar-refractivity contribution in [3.05, 3.63) is 0 Å². The van der Waals surface area contributed by atoms with E-state index in [1.165, 1.54) is 0 Å². The number of nitrogens with two attached hydrogens (primary N) is 2. The van der Waals surface area contributed by atoms with Gasteiger partial charge in [-0.15, -0.1) is 0 Å². The molecule has 0 saturated carbocycles. The molecule has 0 aromatic carbocycles. The van der Waals surface area contributed by atoms with E-state index in [1.54, 1.807) is 18.7 Å². The highest BCUT2D eigenvalue weighted by Gasteiger charge is 2.24. The van der Waals surface area contributed by atoms with Crippen LogP contribution in [-0.4, -0.2) is 22.4 Å². The number of primary amides is 1. The van der Waals surface area contributed by atoms with Crippen LogP contribution in [0.15, 0.2) is 0 Å². The molecular weight excluding hydrogens is 172 g/mol. The van der Waals surface area contributed by atoms with Gasteiger partial charge in [0, 0.05) is 0 Å². The third kappa shape index (κ3) is 4.62. The number of hydrogen-bond acceptors (Lipinski definition) is 3. The highest BCUT2D eigenvalue weighted by atomic mass is 32.2. The lowest BCUT2D eigenvalue weighted by molar-refractivity contribution is -0.122. The van der Waals surface area contributed by atoms with Crippen molar-refractivity contribution in [3.63, 3.8) is 0 Å². The number of amides is 1. The minimum absolute atomic E-state index is 0.424. The van der Waals surface area contributed by atoms with Crippen LogP contribution in [0.25, 0.3) is 0 Å². The number of carbonyl (C=O) groups excluding carboxylic acids is 1. The standard InChI is InChI=1S/C8H18N2OS/c1-6(2)12-5-4-8(3,10)7(9)11/h6H,4-5,10H2,1-3H3,(H2,9,11). The smallest absolute Gasteiger partial charge is 0.237 e. The molecule has 0 rings (SSSR count). The topological polar surface area (TPSA) is 69.1 Å². The molecule has 0 aromatic rings. The van der Waals surface area contributed by atoms with Crippen LogP contribution in [0.1, 0.15) is 27.2 Å². The van der Waals surface area contributed by atoms with Crippen molar-refractivity contribution in [1.82, 2.24) is 0 Å². The van der Waals surface area contributed by atoms with Crippen molar-refractivity contribution in [2.24, 2.45) is 11.5 Å². The summed E-state index contributed by atoms with van der Waals surface area (Å²) in [7, 11) is 0. The van der Waals surface area contributed by atoms with Crippen LogP contribution in [-0.2, 0) is 4.79 Å². The summed E-state index contributed by atoms with van der Waals surface area (Å²) in [5, 5.41) is 0.577. The first-order valence-electron chi connectivity index (χ1n) is 4.06. The van der Waals surface area contributed by atoms with Gasteiger partial charge >= 0.3 is 0 Å². The molecule has 0 fully saturated rings. The number of hydrogen-bond donors (Lipinski definition) is 2. The summed E-state index contributed by atoms with van der Waals surface area (Å²) in [5.74, 6) is 0.458. The molecule has 0 spiro atoms. The minimum Gasteiger partial charge on any atom is -0.368 e. The lowest BCUT2D eigenvalue weighted by Crippen LogP contribution is -2.49. The molecule has 12 heavy (non-hydrogen) atoms. The highest BCUT2D eigenvalue weighted by Crippen LogP contribution is 2.15. The number of rotatable bonds is 5. The van der Waals surface area contributed by atoms with Gasteiger partial charge in [0.15, 0.2) is 0 Å². The van der Waals surface area contributed by atoms with Gasteiger partial charge in [0.2, 0.25) is 5.91 Å². The highest BCUT2D eigenvalue weighted by molar-refractivity contribution is 7.99. The predicted molar refractivity (Wildman–Crippen MR) is 54.0 cm³/mol. The molecule has 0 radical (unpaired) electrons. The minimum atomic E-state index is -0.845. The van der Waals surface area contributed by atoms with E-state index in [0.717, 1.165) is 5.75 Å². The first kappa shape index (κ1) is 11.8. The van der Waals surface area contributed by atoms with Crippen LogP contribution in [0.5, 0.6) is 0 Å². The summed E-state index contributed by atoms with van der Waals surface area (Å²) in [6.45, 7) is 5.90. The van der Waals surface area contributed by atoms with Crippen molar-refractivity contribution in [2.45, 2.75) is 38.0 Å². The Morgan fingerprint density at radius 1 is 1.58 bits per heavy atom. The van der Waals surface area contributed by atoms with Gasteiger partial charge in [0.25, 0.3) is 0 Å². The molecule has 72 valence electrons. The van der Waals surface area contributed by atoms with E-state index in [2.05, 4.69) is 13.8 Å². The average Bonchev–Trinajstić information content (AvgIpc) is 1.85. The lowest BCUT2D eigenvalue weighted by Gasteiger charge is -2.20. The molecule has 1 amide bonds. The molecule has 3 nitrogen and oxygen atoms in total. The van der Waals surface area contributed by atoms with E-state index >= 15 is 0 Å². The maximum atomic E-state index is 10.8. The molecule has 0 aliphatic rings. The molecule has 0 aliphatic carbocycles. The third-order valence-corrected chi connectivity index (χ3v) is 2.74. The van der Waals surface area contributed by atoms with Gasteiger partial charge in [-0.2, -0.15) is 11.8 Å². The molecule has 0 heterocycles. The second-order valence-electron chi connectivity index (χ2n) is 3.45. The van der Waals surface area contributed by atoms with E-state index in [9.17, 15) is 4.79 Å². The Morgan fingerprint density at radius 2 is 2.08 bits per heavy atom. The van der Waals surface area contributed by atoms with Crippen LogP contribution < -0.4 is 11.5 Å². The molecule has 0 aromatic heterocycles. The van der Waals surface area contributed by atoms with E-state index in [-0.39, 0.29) is 0 Å². The zero-order valence-corrected chi connectivity index (χ0v) is 8.78. The summed E-state index contributed by atoms with van der Waals surface area (Å²) in [6.07, 6.45) is 0.644. The summed E-state index contributed by atoms with van der Waals surface area (Å²) in [5.41, 5.74) is 9.93. The molecule has 4 N–H and O–H groups in total. The maximum absolute atomic E-state index is 10.8. The van der Waals surface area contributed by atoms with E-state index in [1.807, 2.05) is 0 Å². The molecule has 4 heteroatoms. The quantitative estimate of drug-likeness (QED) is 0.671. The first-order chi connectivity index (χ1) is 5.36. The Bertz CT molecular complexity index is 157. The fourth-order valence-electron chi connectivity index (χ4n) is 0.630. The molecule has 0 saturated heterocycles. The Balaban J connectivity index is 3.69. The van der Waals surface area contributed by atoms with Gasteiger partial charge in [-0.1, -0.05) is 13.8 Å². The summed E-state index contributed by atoms with van der Waals surface area (Å²) < 4.78 is 0. The van der Waals surface area contributed by atoms with Crippen molar-refractivity contribution >= 4 is 17.7 Å². The van der Waals surface area contributed by atoms with Crippen molar-refractivity contribution in [3.8, 4) is 0 Å². The summed E-state index contributed by atoms with van der Waals surface area (Å²) >= 11 is 1.79. The molecule has 0 aliphatic heterocycles. The Hall–Kier alpha value is -0.220. The van der Waals surface area contributed by atoms with Crippen LogP contribution in [0.2, 0.25) is 0 Å². The van der Waals surface area contributed by atoms with Crippen molar-refractivity contribution in [2.75, 3.05) is 5.75 Å². The van der Waals surface area contributed by atoms with Crippen LogP contribution in [0.4, 0.5) is 0 Å². The fraction of sp³-hybridized carbons (Fsp3) is 0.875. The second kappa shape index (κ2) is 4.72. The number of carbonyl (C=O) groups is 1. The van der Waals surface area contributed by atoms with Gasteiger partial charge in [0.05, 0.1) is 5.54 Å². The van der Waals surface area contributed by atoms with Crippen molar-refractivity contribution in [1.29, 1.82) is 0 Å². The summed E-state index contributed by atoms with van der Waals surface area (Å²) in [6, 6.07) is 0. The predicted octanol–water partition coefficient (Wildman–Crippen LogP) is 0.721. The molecule has 1 unspecified atom stereocenters. The Morgan fingerprint density at radius 3 is 2.42 bits per heavy atom. The molecular formula is C8H18N2OS. The number of thioether (sulfide) groups is 1. The van der Waals surface area contributed by atoms with Gasteiger partial charge in [-0.25, -0.2) is 0 Å². The maximum Gasteiger partial charge on any atom is 0.237 e. The third-order valence-electron chi connectivity index (χ3n) is 1.64. The largest absolute Gasteiger partial charge is 0.368 e. The average molecular weight is 190 g/mol. The SMILES string of the molecule is CC(C)SCCC(C)(N)C(N)=O. The van der Waals surface area contributed by atoms with E-state index in [4.69, 9.17) is 11.5 Å². The molecule has 1 atom stereocenters. The lowest BCUT2D eigenvalue weighted by atomic mass is 10.0. The zero-order chi connectivity index (χ0) is 9.78. The Kier molecular flexibility index (Phi) is 4.63. The Labute approximate surface area is 78.3 Å². The van der Waals surface area contributed by atoms with E-state index < -0.39 is 11.4 Å². The van der Waals surface area contributed by atoms with Gasteiger partial charge < -0.3 is 11.5 Å².